The van der Waals surface area contributed by atoms with E-state index in [-0.39, 0.29) is 18.1 Å². The molecule has 0 saturated carbocycles. The summed E-state index contributed by atoms with van der Waals surface area (Å²) in [5.74, 6) is 1.65. The van der Waals surface area contributed by atoms with Crippen molar-refractivity contribution in [3.05, 3.63) is 81.5 Å². The summed E-state index contributed by atoms with van der Waals surface area (Å²) in [5, 5.41) is 2.89. The molecule has 5 aromatic rings. The summed E-state index contributed by atoms with van der Waals surface area (Å²) < 4.78 is 14.1. The molecule has 0 aliphatic rings. The van der Waals surface area contributed by atoms with E-state index < -0.39 is 0 Å². The lowest BCUT2D eigenvalue weighted by atomic mass is 10.1. The number of carbonyl (C=O) groups is 1. The summed E-state index contributed by atoms with van der Waals surface area (Å²) >= 11 is 3.03. The summed E-state index contributed by atoms with van der Waals surface area (Å²) in [4.78, 5) is 33.8. The normalized spacial score (nSPS) is 11.3. The molecule has 0 spiro atoms. The molecule has 2 aromatic carbocycles. The van der Waals surface area contributed by atoms with Gasteiger partial charge in [0, 0.05) is 23.6 Å². The Morgan fingerprint density at radius 3 is 2.71 bits per heavy atom. The zero-order valence-electron chi connectivity index (χ0n) is 19.3. The van der Waals surface area contributed by atoms with E-state index in [1.807, 2.05) is 50.2 Å². The highest BCUT2D eigenvalue weighted by Crippen LogP contribution is 2.32. The van der Waals surface area contributed by atoms with Crippen LogP contribution in [0.25, 0.3) is 15.9 Å². The van der Waals surface area contributed by atoms with Gasteiger partial charge in [0.25, 0.3) is 11.5 Å². The van der Waals surface area contributed by atoms with E-state index in [0.29, 0.717) is 28.5 Å². The SMILES string of the molecule is Cc1cc2nc(CSc3nc4ccc(NC(=O)COc5c(C)cccc5C)cc4s3)cc(=O)n2o1. The molecule has 0 radical (unpaired) electrons. The Morgan fingerprint density at radius 1 is 1.11 bits per heavy atom. The molecule has 0 saturated heterocycles. The number of hydrogen-bond donors (Lipinski definition) is 1. The van der Waals surface area contributed by atoms with Gasteiger partial charge >= 0.3 is 0 Å². The number of nitrogens with zero attached hydrogens (tertiary/aromatic N) is 3. The molecule has 3 aromatic heterocycles. The Morgan fingerprint density at radius 2 is 1.91 bits per heavy atom. The third-order valence-corrected chi connectivity index (χ3v) is 7.47. The zero-order chi connectivity index (χ0) is 24.5. The first-order valence-electron chi connectivity index (χ1n) is 10.9. The second kappa shape index (κ2) is 9.55. The van der Waals surface area contributed by atoms with Crippen molar-refractivity contribution in [1.82, 2.24) is 14.5 Å². The van der Waals surface area contributed by atoms with Gasteiger partial charge in [-0.3, -0.25) is 9.59 Å². The van der Waals surface area contributed by atoms with Gasteiger partial charge in [-0.15, -0.1) is 15.9 Å². The van der Waals surface area contributed by atoms with Crippen molar-refractivity contribution in [1.29, 1.82) is 0 Å². The van der Waals surface area contributed by atoms with Gasteiger partial charge in [-0.25, -0.2) is 9.97 Å². The predicted octanol–water partition coefficient (Wildman–Crippen LogP) is 5.13. The highest BCUT2D eigenvalue weighted by molar-refractivity contribution is 8.00. The maximum Gasteiger partial charge on any atom is 0.287 e. The quantitative estimate of drug-likeness (QED) is 0.306. The molecule has 0 bridgehead atoms. The maximum absolute atomic E-state index is 12.4. The van der Waals surface area contributed by atoms with E-state index in [0.717, 1.165) is 31.4 Å². The van der Waals surface area contributed by atoms with Gasteiger partial charge in [-0.05, 0) is 50.1 Å². The smallest absolute Gasteiger partial charge is 0.287 e. The lowest BCUT2D eigenvalue weighted by Gasteiger charge is -2.12. The van der Waals surface area contributed by atoms with Crippen LogP contribution in [-0.2, 0) is 10.5 Å². The van der Waals surface area contributed by atoms with Crippen LogP contribution in [0.3, 0.4) is 0 Å². The van der Waals surface area contributed by atoms with E-state index in [1.54, 1.807) is 13.0 Å². The fraction of sp³-hybridized carbons (Fsp3) is 0.200. The second-order valence-corrected chi connectivity index (χ2v) is 10.3. The Labute approximate surface area is 208 Å². The van der Waals surface area contributed by atoms with Gasteiger partial charge in [0.05, 0.1) is 15.9 Å². The fourth-order valence-corrected chi connectivity index (χ4v) is 5.69. The summed E-state index contributed by atoms with van der Waals surface area (Å²) in [5.41, 5.74) is 4.43. The van der Waals surface area contributed by atoms with Crippen LogP contribution in [0.1, 0.15) is 22.6 Å². The summed E-state index contributed by atoms with van der Waals surface area (Å²) in [7, 11) is 0. The van der Waals surface area contributed by atoms with Crippen LogP contribution in [0, 0.1) is 20.8 Å². The summed E-state index contributed by atoms with van der Waals surface area (Å²) in [6.07, 6.45) is 0. The highest BCUT2D eigenvalue weighted by Gasteiger charge is 2.12. The Kier molecular flexibility index (Phi) is 6.31. The van der Waals surface area contributed by atoms with E-state index in [1.165, 1.54) is 33.7 Å². The second-order valence-electron chi connectivity index (χ2n) is 8.09. The van der Waals surface area contributed by atoms with Crippen molar-refractivity contribution in [3.8, 4) is 5.75 Å². The number of benzene rings is 2. The average molecular weight is 507 g/mol. The Hall–Kier alpha value is -3.63. The largest absolute Gasteiger partial charge is 0.483 e. The molecule has 1 N–H and O–H groups in total. The summed E-state index contributed by atoms with van der Waals surface area (Å²) in [6, 6.07) is 14.7. The van der Waals surface area contributed by atoms with Gasteiger partial charge in [0.15, 0.2) is 16.6 Å². The number of aryl methyl sites for hydroxylation is 3. The van der Waals surface area contributed by atoms with Crippen LogP contribution >= 0.6 is 23.1 Å². The Bertz CT molecular complexity index is 1600. The van der Waals surface area contributed by atoms with Gasteiger partial charge in [0.2, 0.25) is 0 Å². The predicted molar refractivity (Wildman–Crippen MR) is 138 cm³/mol. The minimum Gasteiger partial charge on any atom is -0.483 e. The van der Waals surface area contributed by atoms with Gasteiger partial charge < -0.3 is 14.6 Å². The number of amides is 1. The standard InChI is InChI=1S/C25H22N4O4S2/c1-14-5-4-6-15(2)24(14)32-12-22(30)27-17-7-8-19-20(10-17)35-25(28-19)34-13-18-11-23(31)29-21(26-18)9-16(3)33-29/h4-11H,12-13H2,1-3H3,(H,27,30). The molecule has 3 heterocycles. The maximum atomic E-state index is 12.4. The van der Waals surface area contributed by atoms with Crippen molar-refractivity contribution in [2.75, 3.05) is 11.9 Å². The molecular formula is C25H22N4O4S2. The first kappa shape index (κ1) is 23.1. The molecule has 0 aliphatic carbocycles. The van der Waals surface area contributed by atoms with E-state index in [4.69, 9.17) is 9.26 Å². The number of rotatable bonds is 7. The number of nitrogens with one attached hydrogen (secondary N) is 1. The number of anilines is 1. The number of para-hydroxylation sites is 1. The number of fused-ring (bicyclic) bond motifs is 2. The van der Waals surface area contributed by atoms with E-state index in [2.05, 4.69) is 15.3 Å². The number of ether oxygens (including phenoxy) is 1. The number of thioether (sulfide) groups is 1. The monoisotopic (exact) mass is 506 g/mol. The Balaban J connectivity index is 1.23. The molecule has 178 valence electrons. The number of hydrogen-bond acceptors (Lipinski definition) is 8. The fourth-order valence-electron chi connectivity index (χ4n) is 3.69. The molecule has 0 unspecified atom stereocenters. The minimum atomic E-state index is -0.245. The molecule has 0 aliphatic heterocycles. The lowest BCUT2D eigenvalue weighted by Crippen LogP contribution is -2.20. The van der Waals surface area contributed by atoms with Crippen molar-refractivity contribution < 1.29 is 14.1 Å². The first-order valence-corrected chi connectivity index (χ1v) is 12.7. The highest BCUT2D eigenvalue weighted by atomic mass is 32.2. The van der Waals surface area contributed by atoms with Crippen LogP contribution in [0.15, 0.2) is 62.2 Å². The van der Waals surface area contributed by atoms with Crippen molar-refractivity contribution in [2.45, 2.75) is 30.9 Å². The molecule has 10 heteroatoms. The summed E-state index contributed by atoms with van der Waals surface area (Å²) in [6.45, 7) is 5.62. The van der Waals surface area contributed by atoms with Crippen molar-refractivity contribution in [2.24, 2.45) is 0 Å². The van der Waals surface area contributed by atoms with Gasteiger partial charge in [-0.1, -0.05) is 30.0 Å². The topological polar surface area (TPSA) is 98.7 Å². The van der Waals surface area contributed by atoms with Crippen molar-refractivity contribution >= 4 is 50.6 Å². The zero-order valence-corrected chi connectivity index (χ0v) is 21.0. The number of aromatic nitrogens is 3. The molecule has 0 fully saturated rings. The number of carbonyl (C=O) groups excluding carboxylic acids is 1. The third kappa shape index (κ3) is 5.08. The number of thiazole rings is 1. The molecule has 0 atom stereocenters. The van der Waals surface area contributed by atoms with Crippen LogP contribution in [0.4, 0.5) is 5.69 Å². The van der Waals surface area contributed by atoms with Crippen LogP contribution < -0.4 is 15.6 Å². The third-order valence-electron chi connectivity index (χ3n) is 5.28. The van der Waals surface area contributed by atoms with Crippen LogP contribution in [0.2, 0.25) is 0 Å². The molecule has 1 amide bonds. The molecular weight excluding hydrogens is 484 g/mol. The van der Waals surface area contributed by atoms with E-state index in [9.17, 15) is 9.59 Å². The van der Waals surface area contributed by atoms with Gasteiger partial charge in [-0.2, -0.15) is 0 Å². The van der Waals surface area contributed by atoms with Gasteiger partial charge in [0.1, 0.15) is 11.5 Å². The average Bonchev–Trinajstić information content (AvgIpc) is 3.39. The molecule has 5 rings (SSSR count). The molecule has 35 heavy (non-hydrogen) atoms. The lowest BCUT2D eigenvalue weighted by molar-refractivity contribution is -0.118. The van der Waals surface area contributed by atoms with Crippen molar-refractivity contribution in [3.63, 3.8) is 0 Å². The first-order chi connectivity index (χ1) is 16.9. The van der Waals surface area contributed by atoms with E-state index >= 15 is 0 Å². The van der Waals surface area contributed by atoms with Crippen LogP contribution in [0.5, 0.6) is 5.75 Å². The van der Waals surface area contributed by atoms with Crippen LogP contribution in [-0.4, -0.2) is 27.1 Å². The minimum absolute atomic E-state index is 0.0684. The molecule has 8 nitrogen and oxygen atoms in total.